The Labute approximate surface area is 185 Å². The van der Waals surface area contributed by atoms with E-state index in [0.29, 0.717) is 12.3 Å². The van der Waals surface area contributed by atoms with Crippen LogP contribution in [0.3, 0.4) is 0 Å². The van der Waals surface area contributed by atoms with Gasteiger partial charge in [0.1, 0.15) is 12.4 Å². The minimum atomic E-state index is -3.72. The monoisotopic (exact) mass is 462 g/mol. The Hall–Kier alpha value is -3.20. The van der Waals surface area contributed by atoms with Gasteiger partial charge in [0.05, 0.1) is 18.5 Å². The lowest BCUT2D eigenvalue weighted by Crippen LogP contribution is -2.33. The summed E-state index contributed by atoms with van der Waals surface area (Å²) in [7, 11) is -3.72. The molecule has 0 saturated heterocycles. The van der Waals surface area contributed by atoms with Crippen LogP contribution in [0.2, 0.25) is 0 Å². The number of amides is 1. The van der Waals surface area contributed by atoms with Gasteiger partial charge in [0.25, 0.3) is 0 Å². The maximum atomic E-state index is 13.5. The number of nitrogens with one attached hydrogen (secondary N) is 1. The van der Waals surface area contributed by atoms with Crippen LogP contribution in [0.4, 0.5) is 14.5 Å². The minimum absolute atomic E-state index is 0.00981. The first kappa shape index (κ1) is 23.5. The normalized spacial score (nSPS) is 11.3. The molecule has 0 aliphatic heterocycles. The number of carbonyl (C=O) groups excluding carboxylic acids is 1. The largest absolute Gasteiger partial charge is 0.492 e. The van der Waals surface area contributed by atoms with Crippen molar-refractivity contribution in [2.75, 3.05) is 30.3 Å². The van der Waals surface area contributed by atoms with E-state index in [9.17, 15) is 22.0 Å². The van der Waals surface area contributed by atoms with E-state index in [1.54, 1.807) is 0 Å². The van der Waals surface area contributed by atoms with Crippen molar-refractivity contribution >= 4 is 32.4 Å². The van der Waals surface area contributed by atoms with Crippen molar-refractivity contribution in [3.05, 3.63) is 72.3 Å². The summed E-state index contributed by atoms with van der Waals surface area (Å²) in [5.41, 5.74) is 0.00981. The molecule has 3 aromatic carbocycles. The summed E-state index contributed by atoms with van der Waals surface area (Å²) in [5.74, 6) is -1.76. The molecule has 6 nitrogen and oxygen atoms in total. The molecule has 0 spiro atoms. The Balaban J connectivity index is 1.43. The second-order valence-electron chi connectivity index (χ2n) is 7.24. The molecule has 170 valence electrons. The van der Waals surface area contributed by atoms with Crippen LogP contribution in [0.15, 0.2) is 60.7 Å². The maximum Gasteiger partial charge on any atom is 0.232 e. The number of ether oxygens (including phenoxy) is 1. The molecule has 0 heterocycles. The molecule has 0 bridgehead atoms. The van der Waals surface area contributed by atoms with Crippen molar-refractivity contribution in [2.24, 2.45) is 0 Å². The van der Waals surface area contributed by atoms with E-state index in [1.807, 2.05) is 42.5 Å². The minimum Gasteiger partial charge on any atom is -0.492 e. The fourth-order valence-corrected chi connectivity index (χ4v) is 4.17. The number of hydrogen-bond acceptors (Lipinski definition) is 4. The highest BCUT2D eigenvalue weighted by molar-refractivity contribution is 7.92. The molecular weight excluding hydrogens is 438 g/mol. The maximum absolute atomic E-state index is 13.5. The van der Waals surface area contributed by atoms with Crippen LogP contribution >= 0.6 is 0 Å². The predicted molar refractivity (Wildman–Crippen MR) is 120 cm³/mol. The highest BCUT2D eigenvalue weighted by Gasteiger charge is 2.19. The number of benzene rings is 3. The van der Waals surface area contributed by atoms with Crippen molar-refractivity contribution in [3.63, 3.8) is 0 Å². The zero-order valence-corrected chi connectivity index (χ0v) is 18.4. The van der Waals surface area contributed by atoms with Crippen LogP contribution in [0.25, 0.3) is 10.8 Å². The highest BCUT2D eigenvalue weighted by atomic mass is 32.2. The summed E-state index contributed by atoms with van der Waals surface area (Å²) in [6.45, 7) is 0.546. The van der Waals surface area contributed by atoms with Gasteiger partial charge < -0.3 is 10.1 Å². The molecule has 9 heteroatoms. The number of hydrogen-bond donors (Lipinski definition) is 1. The van der Waals surface area contributed by atoms with Crippen LogP contribution in [-0.2, 0) is 14.8 Å². The number of nitrogens with zero attached hydrogens (tertiary/aromatic N) is 1. The second-order valence-corrected chi connectivity index (χ2v) is 9.15. The first-order valence-corrected chi connectivity index (χ1v) is 11.9. The summed E-state index contributed by atoms with van der Waals surface area (Å²) >= 11 is 0. The quantitative estimate of drug-likeness (QED) is 0.465. The molecule has 32 heavy (non-hydrogen) atoms. The molecule has 0 aromatic heterocycles. The van der Waals surface area contributed by atoms with Crippen LogP contribution in [0.5, 0.6) is 5.75 Å². The van der Waals surface area contributed by atoms with Crippen molar-refractivity contribution < 1.29 is 26.7 Å². The van der Waals surface area contributed by atoms with E-state index in [1.165, 1.54) is 6.07 Å². The third kappa shape index (κ3) is 6.40. The third-order valence-electron chi connectivity index (χ3n) is 4.77. The zero-order valence-electron chi connectivity index (χ0n) is 17.6. The molecule has 1 N–H and O–H groups in total. The van der Waals surface area contributed by atoms with E-state index in [0.717, 1.165) is 33.5 Å². The zero-order chi connectivity index (χ0) is 23.1. The first-order valence-electron chi connectivity index (χ1n) is 10.0. The summed E-state index contributed by atoms with van der Waals surface area (Å²) in [5, 5.41) is 4.89. The van der Waals surface area contributed by atoms with Gasteiger partial charge >= 0.3 is 0 Å². The third-order valence-corrected chi connectivity index (χ3v) is 5.96. The number of carbonyl (C=O) groups is 1. The summed E-state index contributed by atoms with van der Waals surface area (Å²) in [6.07, 6.45) is 1.26. The second kappa shape index (κ2) is 10.4. The van der Waals surface area contributed by atoms with Gasteiger partial charge in [0, 0.05) is 19.0 Å². The van der Waals surface area contributed by atoms with Crippen LogP contribution in [0.1, 0.15) is 12.8 Å². The average Bonchev–Trinajstić information content (AvgIpc) is 2.75. The Morgan fingerprint density at radius 3 is 2.47 bits per heavy atom. The molecule has 1 amide bonds. The fourth-order valence-electron chi connectivity index (χ4n) is 3.21. The molecule has 0 unspecified atom stereocenters. The number of halogens is 2. The van der Waals surface area contributed by atoms with E-state index in [2.05, 4.69) is 5.32 Å². The van der Waals surface area contributed by atoms with Crippen molar-refractivity contribution in [3.8, 4) is 5.75 Å². The van der Waals surface area contributed by atoms with Crippen LogP contribution in [-0.4, -0.2) is 40.3 Å². The van der Waals surface area contributed by atoms with E-state index in [4.69, 9.17) is 4.74 Å². The number of rotatable bonds is 10. The highest BCUT2D eigenvalue weighted by Crippen LogP contribution is 2.22. The summed E-state index contributed by atoms with van der Waals surface area (Å²) in [4.78, 5) is 12.1. The Bertz CT molecular complexity index is 1200. The SMILES string of the molecule is CS(=O)(=O)N(CCCC(=O)NCCOc1ccc2ccccc2c1)c1ccc(F)c(F)c1. The van der Waals surface area contributed by atoms with E-state index < -0.39 is 21.7 Å². The lowest BCUT2D eigenvalue weighted by Gasteiger charge is -2.22. The lowest BCUT2D eigenvalue weighted by atomic mass is 10.1. The predicted octanol–water partition coefficient (Wildman–Crippen LogP) is 3.86. The topological polar surface area (TPSA) is 75.7 Å². The van der Waals surface area contributed by atoms with E-state index >= 15 is 0 Å². The van der Waals surface area contributed by atoms with E-state index in [-0.39, 0.29) is 37.6 Å². The van der Waals surface area contributed by atoms with Crippen LogP contribution < -0.4 is 14.4 Å². The molecule has 3 rings (SSSR count). The molecule has 0 aliphatic rings. The van der Waals surface area contributed by atoms with Gasteiger partial charge in [0.2, 0.25) is 15.9 Å². The standard InChI is InChI=1S/C23H24F2N2O4S/c1-32(29,30)27(19-9-11-21(24)22(25)16-19)13-4-7-23(28)26-12-14-31-20-10-8-17-5-2-3-6-18(17)15-20/h2-3,5-6,8-11,15-16H,4,7,12-14H2,1H3,(H,26,28). The van der Waals surface area contributed by atoms with Gasteiger partial charge in [-0.2, -0.15) is 0 Å². The molecule has 0 fully saturated rings. The van der Waals surface area contributed by atoms with Gasteiger partial charge in [-0.3, -0.25) is 9.10 Å². The first-order chi connectivity index (χ1) is 15.2. The Morgan fingerprint density at radius 1 is 1.00 bits per heavy atom. The number of sulfonamides is 1. The van der Waals surface area contributed by atoms with Gasteiger partial charge in [-0.05, 0) is 41.5 Å². The average molecular weight is 463 g/mol. The molecular formula is C23H24F2N2O4S. The molecule has 0 aliphatic carbocycles. The number of anilines is 1. The molecule has 3 aromatic rings. The lowest BCUT2D eigenvalue weighted by molar-refractivity contribution is -0.121. The summed E-state index contributed by atoms with van der Waals surface area (Å²) in [6, 6.07) is 16.5. The van der Waals surface area contributed by atoms with Crippen molar-refractivity contribution in [1.82, 2.24) is 5.32 Å². The fraction of sp³-hybridized carbons (Fsp3) is 0.261. The van der Waals surface area contributed by atoms with Gasteiger partial charge in [0.15, 0.2) is 11.6 Å². The Kier molecular flexibility index (Phi) is 7.63. The Morgan fingerprint density at radius 2 is 1.75 bits per heavy atom. The number of fused-ring (bicyclic) bond motifs is 1. The molecule has 0 atom stereocenters. The van der Waals surface area contributed by atoms with Crippen LogP contribution in [0, 0.1) is 11.6 Å². The van der Waals surface area contributed by atoms with Crippen molar-refractivity contribution in [1.29, 1.82) is 0 Å². The molecule has 0 radical (unpaired) electrons. The molecule has 0 saturated carbocycles. The summed E-state index contributed by atoms with van der Waals surface area (Å²) < 4.78 is 57.3. The van der Waals surface area contributed by atoms with Gasteiger partial charge in [-0.1, -0.05) is 30.3 Å². The van der Waals surface area contributed by atoms with Gasteiger partial charge in [-0.15, -0.1) is 0 Å². The smallest absolute Gasteiger partial charge is 0.232 e. The van der Waals surface area contributed by atoms with Gasteiger partial charge in [-0.25, -0.2) is 17.2 Å². The van der Waals surface area contributed by atoms with Crippen molar-refractivity contribution in [2.45, 2.75) is 12.8 Å².